The van der Waals surface area contributed by atoms with E-state index in [1.54, 1.807) is 24.0 Å². The van der Waals surface area contributed by atoms with Crippen LogP contribution in [-0.4, -0.2) is 27.9 Å². The third-order valence-corrected chi connectivity index (χ3v) is 3.28. The van der Waals surface area contributed by atoms with Gasteiger partial charge in [-0.25, -0.2) is 4.79 Å². The average molecular weight is 233 g/mol. The third-order valence-electron chi connectivity index (χ3n) is 3.28. The van der Waals surface area contributed by atoms with Crippen LogP contribution in [0.1, 0.15) is 35.3 Å². The molecular weight excluding hydrogens is 218 g/mol. The van der Waals surface area contributed by atoms with Crippen LogP contribution >= 0.6 is 0 Å². The maximum absolute atomic E-state index is 11.4. The lowest BCUT2D eigenvalue weighted by atomic mass is 9.90. The molecule has 17 heavy (non-hydrogen) atoms. The topological polar surface area (TPSA) is 57.6 Å². The van der Waals surface area contributed by atoms with Crippen molar-refractivity contribution in [1.82, 2.24) is 4.90 Å². The normalized spacial score (nSPS) is 18.7. The zero-order valence-electron chi connectivity index (χ0n) is 9.93. The van der Waals surface area contributed by atoms with Crippen molar-refractivity contribution in [2.24, 2.45) is 0 Å². The second-order valence-electron chi connectivity index (χ2n) is 4.45. The van der Waals surface area contributed by atoms with E-state index in [0.29, 0.717) is 18.5 Å². The number of amides is 1. The molecule has 1 aromatic rings. The number of fused-ring (bicyclic) bond motifs is 1. The predicted octanol–water partition coefficient (Wildman–Crippen LogP) is 1.68. The molecule has 1 N–H and O–H groups in total. The fraction of sp³-hybridized carbons (Fsp3) is 0.385. The lowest BCUT2D eigenvalue weighted by molar-refractivity contribution is -0.131. The number of carbonyl (C=O) groups is 2. The highest BCUT2D eigenvalue weighted by atomic mass is 16.4. The first-order valence-corrected chi connectivity index (χ1v) is 5.62. The zero-order valence-corrected chi connectivity index (χ0v) is 9.93. The maximum Gasteiger partial charge on any atom is 0.335 e. The Bertz CT molecular complexity index is 482. The molecule has 0 saturated carbocycles. The molecule has 0 saturated heterocycles. The Morgan fingerprint density at radius 2 is 2.12 bits per heavy atom. The van der Waals surface area contributed by atoms with Crippen LogP contribution < -0.4 is 0 Å². The van der Waals surface area contributed by atoms with Crippen molar-refractivity contribution in [3.63, 3.8) is 0 Å². The van der Waals surface area contributed by atoms with E-state index >= 15 is 0 Å². The Balaban J connectivity index is 2.44. The smallest absolute Gasteiger partial charge is 0.335 e. The van der Waals surface area contributed by atoms with Gasteiger partial charge in [-0.3, -0.25) is 4.79 Å². The van der Waals surface area contributed by atoms with E-state index in [-0.39, 0.29) is 11.9 Å². The molecule has 1 atom stereocenters. The van der Waals surface area contributed by atoms with Gasteiger partial charge in [0.05, 0.1) is 5.56 Å². The summed E-state index contributed by atoms with van der Waals surface area (Å²) in [4.78, 5) is 24.3. The van der Waals surface area contributed by atoms with E-state index < -0.39 is 5.97 Å². The van der Waals surface area contributed by atoms with Crippen LogP contribution in [0.2, 0.25) is 0 Å². The van der Waals surface area contributed by atoms with Gasteiger partial charge in [0.15, 0.2) is 0 Å². The first-order valence-electron chi connectivity index (χ1n) is 5.62. The van der Waals surface area contributed by atoms with Crippen molar-refractivity contribution in [1.29, 1.82) is 0 Å². The lowest BCUT2D eigenvalue weighted by Crippen LogP contribution is -2.41. The highest BCUT2D eigenvalue weighted by Crippen LogP contribution is 2.26. The summed E-state index contributed by atoms with van der Waals surface area (Å²) in [6.45, 7) is 4.00. The molecule has 4 nitrogen and oxygen atoms in total. The molecule has 1 amide bonds. The monoisotopic (exact) mass is 233 g/mol. The third kappa shape index (κ3) is 2.02. The van der Waals surface area contributed by atoms with Crippen molar-refractivity contribution in [2.45, 2.75) is 32.9 Å². The van der Waals surface area contributed by atoms with Crippen molar-refractivity contribution in [3.8, 4) is 0 Å². The molecule has 0 fully saturated rings. The largest absolute Gasteiger partial charge is 0.478 e. The van der Waals surface area contributed by atoms with E-state index in [2.05, 4.69) is 0 Å². The Morgan fingerprint density at radius 1 is 1.41 bits per heavy atom. The van der Waals surface area contributed by atoms with E-state index in [1.165, 1.54) is 0 Å². The van der Waals surface area contributed by atoms with Crippen LogP contribution in [0.4, 0.5) is 0 Å². The first kappa shape index (κ1) is 11.6. The van der Waals surface area contributed by atoms with Crippen LogP contribution in [0, 0.1) is 0 Å². The predicted molar refractivity (Wildman–Crippen MR) is 62.8 cm³/mol. The number of rotatable bonds is 1. The minimum atomic E-state index is -0.898. The van der Waals surface area contributed by atoms with Crippen LogP contribution in [0.25, 0.3) is 0 Å². The average Bonchev–Trinajstić information content (AvgIpc) is 2.26. The summed E-state index contributed by atoms with van der Waals surface area (Å²) in [5, 5.41) is 9.12. The summed E-state index contributed by atoms with van der Waals surface area (Å²) in [7, 11) is 0. The van der Waals surface area contributed by atoms with Crippen molar-refractivity contribution < 1.29 is 14.7 Å². The van der Waals surface area contributed by atoms with Crippen LogP contribution in [0.15, 0.2) is 18.2 Å². The number of carbonyl (C=O) groups excluding carboxylic acids is 1. The molecule has 1 aliphatic rings. The highest BCUT2D eigenvalue weighted by molar-refractivity contribution is 5.90. The summed E-state index contributed by atoms with van der Waals surface area (Å²) in [6, 6.07) is 5.30. The zero-order chi connectivity index (χ0) is 12.6. The molecule has 2 rings (SSSR count). The minimum Gasteiger partial charge on any atom is -0.478 e. The Hall–Kier alpha value is -1.84. The molecule has 0 spiro atoms. The van der Waals surface area contributed by atoms with Gasteiger partial charge in [-0.15, -0.1) is 0 Å². The molecule has 4 heteroatoms. The van der Waals surface area contributed by atoms with E-state index in [9.17, 15) is 9.59 Å². The highest BCUT2D eigenvalue weighted by Gasteiger charge is 2.27. The summed E-state index contributed by atoms with van der Waals surface area (Å²) in [5.74, 6) is -0.866. The summed E-state index contributed by atoms with van der Waals surface area (Å²) in [5.41, 5.74) is 2.17. The molecule has 1 heterocycles. The SMILES string of the molecule is CC(=O)N1Cc2cccc(C(=O)O)c2CC1C. The fourth-order valence-corrected chi connectivity index (χ4v) is 2.39. The Kier molecular flexibility index (Phi) is 2.88. The molecule has 0 aliphatic carbocycles. The van der Waals surface area contributed by atoms with E-state index in [1.807, 2.05) is 13.0 Å². The van der Waals surface area contributed by atoms with Gasteiger partial charge in [0, 0.05) is 19.5 Å². The molecule has 90 valence electrons. The summed E-state index contributed by atoms with van der Waals surface area (Å²) >= 11 is 0. The number of hydrogen-bond acceptors (Lipinski definition) is 2. The summed E-state index contributed by atoms with van der Waals surface area (Å²) < 4.78 is 0. The number of carboxylic acid groups (broad SMARTS) is 1. The van der Waals surface area contributed by atoms with Gasteiger partial charge in [0.2, 0.25) is 5.91 Å². The molecule has 1 aliphatic heterocycles. The minimum absolute atomic E-state index is 0.0314. The van der Waals surface area contributed by atoms with Gasteiger partial charge >= 0.3 is 5.97 Å². The standard InChI is InChI=1S/C13H15NO3/c1-8-6-12-10(7-14(8)9(2)15)4-3-5-11(12)13(16)17/h3-5,8H,6-7H2,1-2H3,(H,16,17). The quantitative estimate of drug-likeness (QED) is 0.802. The Labute approximate surface area is 99.9 Å². The van der Waals surface area contributed by atoms with Gasteiger partial charge in [-0.2, -0.15) is 0 Å². The molecule has 0 bridgehead atoms. The second-order valence-corrected chi connectivity index (χ2v) is 4.45. The molecule has 0 aromatic heterocycles. The van der Waals surface area contributed by atoms with Gasteiger partial charge in [-0.1, -0.05) is 12.1 Å². The second kappa shape index (κ2) is 4.20. The lowest BCUT2D eigenvalue weighted by Gasteiger charge is -2.34. The molecule has 1 unspecified atom stereocenters. The molecular formula is C13H15NO3. The molecule has 1 aromatic carbocycles. The number of carboxylic acids is 1. The van der Waals surface area contributed by atoms with E-state index in [4.69, 9.17) is 5.11 Å². The number of nitrogens with zero attached hydrogens (tertiary/aromatic N) is 1. The van der Waals surface area contributed by atoms with Gasteiger partial charge in [0.25, 0.3) is 0 Å². The van der Waals surface area contributed by atoms with Crippen molar-refractivity contribution >= 4 is 11.9 Å². The van der Waals surface area contributed by atoms with Crippen LogP contribution in [-0.2, 0) is 17.8 Å². The Morgan fingerprint density at radius 3 is 2.71 bits per heavy atom. The van der Waals surface area contributed by atoms with Crippen molar-refractivity contribution in [2.75, 3.05) is 0 Å². The van der Waals surface area contributed by atoms with E-state index in [0.717, 1.165) is 11.1 Å². The maximum atomic E-state index is 11.4. The number of benzene rings is 1. The molecule has 0 radical (unpaired) electrons. The van der Waals surface area contributed by atoms with Gasteiger partial charge in [0.1, 0.15) is 0 Å². The number of aromatic carboxylic acids is 1. The first-order chi connectivity index (χ1) is 8.00. The number of hydrogen-bond donors (Lipinski definition) is 1. The van der Waals surface area contributed by atoms with Crippen molar-refractivity contribution in [3.05, 3.63) is 34.9 Å². The van der Waals surface area contributed by atoms with Crippen LogP contribution in [0.5, 0.6) is 0 Å². The summed E-state index contributed by atoms with van der Waals surface area (Å²) in [6.07, 6.45) is 0.609. The van der Waals surface area contributed by atoms with Crippen LogP contribution in [0.3, 0.4) is 0 Å². The fourth-order valence-electron chi connectivity index (χ4n) is 2.39. The van der Waals surface area contributed by atoms with Gasteiger partial charge < -0.3 is 10.0 Å². The van der Waals surface area contributed by atoms with Gasteiger partial charge in [-0.05, 0) is 30.5 Å².